The zero-order valence-corrected chi connectivity index (χ0v) is 18.4. The molecule has 0 bridgehead atoms. The minimum atomic E-state index is -0.413. The highest BCUT2D eigenvalue weighted by molar-refractivity contribution is 8.00. The van der Waals surface area contributed by atoms with Crippen molar-refractivity contribution in [2.45, 2.75) is 29.8 Å². The van der Waals surface area contributed by atoms with Gasteiger partial charge in [0.05, 0.1) is 6.04 Å². The standard InChI is InChI=1S/C25H23N5OS/c1-2-17-13-15-20(16-14-17)26-24(31)22-21(18-9-5-3-6-10-18)29-30-23(27-28-25(30)32-22)19-11-7-4-8-12-19/h3-16,21-22,29H,2H2,1H3,(H,26,31). The first-order valence-electron chi connectivity index (χ1n) is 10.6. The van der Waals surface area contributed by atoms with Gasteiger partial charge >= 0.3 is 0 Å². The summed E-state index contributed by atoms with van der Waals surface area (Å²) in [7, 11) is 0. The van der Waals surface area contributed by atoms with E-state index in [0.29, 0.717) is 5.16 Å². The van der Waals surface area contributed by atoms with Gasteiger partial charge in [-0.15, -0.1) is 10.2 Å². The van der Waals surface area contributed by atoms with Crippen molar-refractivity contribution in [1.82, 2.24) is 14.9 Å². The topological polar surface area (TPSA) is 71.8 Å². The lowest BCUT2D eigenvalue weighted by Gasteiger charge is -2.33. The second-order valence-electron chi connectivity index (χ2n) is 7.60. The zero-order valence-electron chi connectivity index (χ0n) is 17.6. The van der Waals surface area contributed by atoms with E-state index in [-0.39, 0.29) is 11.9 Å². The van der Waals surface area contributed by atoms with E-state index in [0.717, 1.165) is 29.1 Å². The van der Waals surface area contributed by atoms with Gasteiger partial charge in [0.2, 0.25) is 11.1 Å². The Balaban J connectivity index is 1.47. The predicted octanol–water partition coefficient (Wildman–Crippen LogP) is 4.91. The Kier molecular flexibility index (Phi) is 5.64. The maximum atomic E-state index is 13.4. The van der Waals surface area contributed by atoms with Gasteiger partial charge in [-0.3, -0.25) is 4.79 Å². The number of nitrogens with one attached hydrogen (secondary N) is 2. The number of thioether (sulfide) groups is 1. The van der Waals surface area contributed by atoms with Gasteiger partial charge in [-0.2, -0.15) is 0 Å². The quantitative estimate of drug-likeness (QED) is 0.461. The van der Waals surface area contributed by atoms with Gasteiger partial charge in [0.15, 0.2) is 5.82 Å². The zero-order chi connectivity index (χ0) is 21.9. The van der Waals surface area contributed by atoms with E-state index in [4.69, 9.17) is 0 Å². The first kappa shape index (κ1) is 20.3. The van der Waals surface area contributed by atoms with Crippen LogP contribution in [0.2, 0.25) is 0 Å². The summed E-state index contributed by atoms with van der Waals surface area (Å²) in [6, 6.07) is 27.7. The van der Waals surface area contributed by atoms with E-state index >= 15 is 0 Å². The summed E-state index contributed by atoms with van der Waals surface area (Å²) in [5.74, 6) is 0.652. The van der Waals surface area contributed by atoms with Gasteiger partial charge in [0, 0.05) is 11.3 Å². The number of rotatable bonds is 5. The predicted molar refractivity (Wildman–Crippen MR) is 128 cm³/mol. The summed E-state index contributed by atoms with van der Waals surface area (Å²) in [5, 5.41) is 12.1. The molecule has 1 amide bonds. The molecule has 2 N–H and O–H groups in total. The highest BCUT2D eigenvalue weighted by Crippen LogP contribution is 2.38. The number of hydrogen-bond acceptors (Lipinski definition) is 5. The molecule has 0 saturated heterocycles. The average molecular weight is 442 g/mol. The Hall–Kier alpha value is -3.58. The van der Waals surface area contributed by atoms with Crippen molar-refractivity contribution in [3.63, 3.8) is 0 Å². The van der Waals surface area contributed by atoms with Crippen molar-refractivity contribution in [2.24, 2.45) is 0 Å². The number of amides is 1. The van der Waals surface area contributed by atoms with Crippen molar-refractivity contribution < 1.29 is 4.79 Å². The van der Waals surface area contributed by atoms with Crippen molar-refractivity contribution in [3.8, 4) is 11.4 Å². The average Bonchev–Trinajstić information content (AvgIpc) is 3.28. The molecule has 2 heterocycles. The van der Waals surface area contributed by atoms with Crippen LogP contribution in [0.1, 0.15) is 24.1 Å². The molecule has 160 valence electrons. The van der Waals surface area contributed by atoms with Crippen LogP contribution in [0.15, 0.2) is 90.1 Å². The third-order valence-electron chi connectivity index (χ3n) is 5.52. The number of carbonyl (C=O) groups is 1. The Morgan fingerprint density at radius 1 is 0.969 bits per heavy atom. The minimum absolute atomic E-state index is 0.0730. The van der Waals surface area contributed by atoms with E-state index < -0.39 is 5.25 Å². The maximum absolute atomic E-state index is 13.4. The fraction of sp³-hybridized carbons (Fsp3) is 0.160. The Labute approximate surface area is 191 Å². The number of benzene rings is 3. The van der Waals surface area contributed by atoms with Crippen molar-refractivity contribution >= 4 is 23.4 Å². The van der Waals surface area contributed by atoms with Gasteiger partial charge < -0.3 is 10.7 Å². The highest BCUT2D eigenvalue weighted by Gasteiger charge is 2.38. The Morgan fingerprint density at radius 3 is 2.34 bits per heavy atom. The molecule has 6 nitrogen and oxygen atoms in total. The van der Waals surface area contributed by atoms with Gasteiger partial charge in [-0.05, 0) is 29.7 Å². The SMILES string of the molecule is CCc1ccc(NC(=O)C2Sc3nnc(-c4ccccc4)n3NC2c2ccccc2)cc1. The van der Waals surface area contributed by atoms with Crippen LogP contribution >= 0.6 is 11.8 Å². The summed E-state index contributed by atoms with van der Waals surface area (Å²) >= 11 is 1.43. The highest BCUT2D eigenvalue weighted by atomic mass is 32.2. The minimum Gasteiger partial charge on any atom is -0.325 e. The van der Waals surface area contributed by atoms with Crippen LogP contribution in [0.5, 0.6) is 0 Å². The molecule has 7 heteroatoms. The van der Waals surface area contributed by atoms with E-state index in [1.54, 1.807) is 0 Å². The summed E-state index contributed by atoms with van der Waals surface area (Å²) in [5.41, 5.74) is 7.52. The second-order valence-corrected chi connectivity index (χ2v) is 8.71. The molecule has 0 fully saturated rings. The molecule has 4 aromatic rings. The molecular formula is C25H23N5OS. The first-order chi connectivity index (χ1) is 15.7. The maximum Gasteiger partial charge on any atom is 0.240 e. The molecule has 0 radical (unpaired) electrons. The number of hydrogen-bond donors (Lipinski definition) is 2. The third-order valence-corrected chi connectivity index (χ3v) is 6.73. The molecule has 0 spiro atoms. The third kappa shape index (κ3) is 3.99. The van der Waals surface area contributed by atoms with Crippen LogP contribution in [0.25, 0.3) is 11.4 Å². The number of aryl methyl sites for hydroxylation is 1. The van der Waals surface area contributed by atoms with Crippen LogP contribution in [0.3, 0.4) is 0 Å². The summed E-state index contributed by atoms with van der Waals surface area (Å²) in [6.07, 6.45) is 0.964. The molecule has 1 aromatic heterocycles. The lowest BCUT2D eigenvalue weighted by atomic mass is 10.0. The fourth-order valence-corrected chi connectivity index (χ4v) is 4.86. The van der Waals surface area contributed by atoms with E-state index in [1.165, 1.54) is 17.3 Å². The van der Waals surface area contributed by atoms with Gasteiger partial charge in [0.25, 0.3) is 0 Å². The van der Waals surface area contributed by atoms with Crippen LogP contribution in [0.4, 0.5) is 5.69 Å². The van der Waals surface area contributed by atoms with E-state index in [1.807, 2.05) is 89.6 Å². The monoisotopic (exact) mass is 441 g/mol. The fourth-order valence-electron chi connectivity index (χ4n) is 3.78. The van der Waals surface area contributed by atoms with Crippen LogP contribution in [-0.4, -0.2) is 26.0 Å². The summed E-state index contributed by atoms with van der Waals surface area (Å²) in [4.78, 5) is 13.4. The largest absolute Gasteiger partial charge is 0.325 e. The number of anilines is 1. The van der Waals surface area contributed by atoms with Crippen molar-refractivity contribution in [1.29, 1.82) is 0 Å². The lowest BCUT2D eigenvalue weighted by molar-refractivity contribution is -0.116. The summed E-state index contributed by atoms with van der Waals surface area (Å²) in [6.45, 7) is 2.11. The smallest absolute Gasteiger partial charge is 0.240 e. The van der Waals surface area contributed by atoms with Crippen LogP contribution < -0.4 is 10.7 Å². The molecule has 5 rings (SSSR count). The lowest BCUT2D eigenvalue weighted by Crippen LogP contribution is -2.41. The summed E-state index contributed by atoms with van der Waals surface area (Å²) < 4.78 is 1.89. The normalized spacial score (nSPS) is 17.3. The van der Waals surface area contributed by atoms with Gasteiger partial charge in [-0.25, -0.2) is 4.68 Å². The van der Waals surface area contributed by atoms with Gasteiger partial charge in [-0.1, -0.05) is 91.5 Å². The molecule has 2 unspecified atom stereocenters. The molecule has 0 saturated carbocycles. The molecule has 1 aliphatic heterocycles. The van der Waals surface area contributed by atoms with Crippen LogP contribution in [0, 0.1) is 0 Å². The van der Waals surface area contributed by atoms with E-state index in [9.17, 15) is 4.79 Å². The van der Waals surface area contributed by atoms with E-state index in [2.05, 4.69) is 27.9 Å². The molecule has 32 heavy (non-hydrogen) atoms. The Bertz CT molecular complexity index is 1210. The molecule has 0 aliphatic carbocycles. The molecule has 1 aliphatic rings. The van der Waals surface area contributed by atoms with Gasteiger partial charge in [0.1, 0.15) is 5.25 Å². The molecule has 2 atom stereocenters. The molecular weight excluding hydrogens is 418 g/mol. The number of carbonyl (C=O) groups excluding carboxylic acids is 1. The number of fused-ring (bicyclic) bond motifs is 1. The number of nitrogens with zero attached hydrogens (tertiary/aromatic N) is 3. The van der Waals surface area contributed by atoms with Crippen molar-refractivity contribution in [2.75, 3.05) is 10.7 Å². The first-order valence-corrected chi connectivity index (χ1v) is 11.5. The van der Waals surface area contributed by atoms with Crippen molar-refractivity contribution in [3.05, 3.63) is 96.1 Å². The second kappa shape index (κ2) is 8.88. The molecule has 3 aromatic carbocycles. The Morgan fingerprint density at radius 2 is 1.66 bits per heavy atom. The van der Waals surface area contributed by atoms with Crippen LogP contribution in [-0.2, 0) is 11.2 Å². The number of aromatic nitrogens is 3.